The van der Waals surface area contributed by atoms with Crippen molar-refractivity contribution in [2.24, 2.45) is 4.99 Å². The third kappa shape index (κ3) is 3.25. The van der Waals surface area contributed by atoms with Crippen LogP contribution in [0.15, 0.2) is 53.2 Å². The number of carbonyl (C=O) groups is 1. The Kier molecular flexibility index (Phi) is 4.66. The number of ether oxygens (including phenoxy) is 3. The van der Waals surface area contributed by atoms with Crippen LogP contribution in [0.3, 0.4) is 0 Å². The molecule has 0 fully saturated rings. The van der Waals surface area contributed by atoms with E-state index in [9.17, 15) is 14.9 Å². The van der Waals surface area contributed by atoms with Crippen molar-refractivity contribution in [2.75, 3.05) is 14.2 Å². The minimum absolute atomic E-state index is 0.00436. The van der Waals surface area contributed by atoms with Crippen LogP contribution in [0, 0.1) is 10.1 Å². The standard InChI is InChI=1S/C18H14N2O6/c1-24-12-7-8-16(25-2)11(9-12)10-14-18(21)26-17(19-14)13-5-3-4-6-15(13)20(22)23/h3-10H,1-2H3. The lowest BCUT2D eigenvalue weighted by Crippen LogP contribution is -2.07. The van der Waals surface area contributed by atoms with E-state index in [2.05, 4.69) is 4.99 Å². The minimum atomic E-state index is -0.706. The van der Waals surface area contributed by atoms with Crippen LogP contribution >= 0.6 is 0 Å². The molecule has 2 aromatic rings. The molecule has 0 unspecified atom stereocenters. The van der Waals surface area contributed by atoms with Gasteiger partial charge in [-0.05, 0) is 30.3 Å². The lowest BCUT2D eigenvalue weighted by Gasteiger charge is -2.07. The van der Waals surface area contributed by atoms with E-state index in [-0.39, 0.29) is 22.8 Å². The van der Waals surface area contributed by atoms with Gasteiger partial charge in [-0.2, -0.15) is 0 Å². The zero-order chi connectivity index (χ0) is 18.7. The molecule has 0 atom stereocenters. The summed E-state index contributed by atoms with van der Waals surface area (Å²) >= 11 is 0. The number of nitro benzene ring substituents is 1. The third-order valence-corrected chi connectivity index (χ3v) is 3.68. The molecule has 0 N–H and O–H groups in total. The second-order valence-corrected chi connectivity index (χ2v) is 5.22. The summed E-state index contributed by atoms with van der Waals surface area (Å²) in [6.45, 7) is 0. The first-order valence-electron chi connectivity index (χ1n) is 7.52. The average molecular weight is 354 g/mol. The van der Waals surface area contributed by atoms with Gasteiger partial charge in [-0.25, -0.2) is 9.79 Å². The highest BCUT2D eigenvalue weighted by atomic mass is 16.6. The van der Waals surface area contributed by atoms with Gasteiger partial charge in [-0.3, -0.25) is 10.1 Å². The van der Waals surface area contributed by atoms with Crippen LogP contribution in [-0.4, -0.2) is 31.0 Å². The second-order valence-electron chi connectivity index (χ2n) is 5.22. The molecule has 8 nitrogen and oxygen atoms in total. The zero-order valence-electron chi connectivity index (χ0n) is 14.0. The molecule has 132 valence electrons. The van der Waals surface area contributed by atoms with Crippen molar-refractivity contribution in [1.29, 1.82) is 0 Å². The lowest BCUT2D eigenvalue weighted by molar-refractivity contribution is -0.385. The van der Waals surface area contributed by atoms with E-state index in [1.807, 2.05) is 0 Å². The maximum atomic E-state index is 12.2. The largest absolute Gasteiger partial charge is 0.497 e. The van der Waals surface area contributed by atoms with Gasteiger partial charge in [0.15, 0.2) is 5.70 Å². The summed E-state index contributed by atoms with van der Waals surface area (Å²) < 4.78 is 15.5. The molecule has 0 saturated carbocycles. The van der Waals surface area contributed by atoms with Gasteiger partial charge in [0.1, 0.15) is 17.1 Å². The van der Waals surface area contributed by atoms with Gasteiger partial charge in [0.05, 0.1) is 19.1 Å². The number of nitro groups is 1. The first kappa shape index (κ1) is 17.2. The molecule has 3 rings (SSSR count). The number of esters is 1. The van der Waals surface area contributed by atoms with Crippen molar-refractivity contribution in [1.82, 2.24) is 0 Å². The van der Waals surface area contributed by atoms with Gasteiger partial charge in [0.25, 0.3) is 5.69 Å². The molecule has 1 aliphatic heterocycles. The van der Waals surface area contributed by atoms with Crippen LogP contribution < -0.4 is 9.47 Å². The Balaban J connectivity index is 2.04. The first-order valence-corrected chi connectivity index (χ1v) is 7.52. The fraction of sp³-hybridized carbons (Fsp3) is 0.111. The van der Waals surface area contributed by atoms with Gasteiger partial charge in [-0.15, -0.1) is 0 Å². The normalized spacial score (nSPS) is 14.8. The van der Waals surface area contributed by atoms with Crippen LogP contribution in [0.25, 0.3) is 6.08 Å². The van der Waals surface area contributed by atoms with Gasteiger partial charge < -0.3 is 14.2 Å². The van der Waals surface area contributed by atoms with Gasteiger partial charge in [-0.1, -0.05) is 12.1 Å². The van der Waals surface area contributed by atoms with Crippen LogP contribution in [0.4, 0.5) is 5.69 Å². The van der Waals surface area contributed by atoms with E-state index >= 15 is 0 Å². The topological polar surface area (TPSA) is 100 Å². The van der Waals surface area contributed by atoms with Crippen LogP contribution in [-0.2, 0) is 9.53 Å². The molecule has 1 heterocycles. The number of hydrogen-bond acceptors (Lipinski definition) is 7. The van der Waals surface area contributed by atoms with Crippen molar-refractivity contribution in [3.05, 3.63) is 69.4 Å². The quantitative estimate of drug-likeness (QED) is 0.354. The highest BCUT2D eigenvalue weighted by molar-refractivity contribution is 6.14. The maximum Gasteiger partial charge on any atom is 0.363 e. The summed E-state index contributed by atoms with van der Waals surface area (Å²) in [7, 11) is 3.02. The maximum absolute atomic E-state index is 12.2. The Bertz CT molecular complexity index is 948. The van der Waals surface area contributed by atoms with E-state index in [1.54, 1.807) is 24.3 Å². The number of methoxy groups -OCH3 is 2. The number of carbonyl (C=O) groups excluding carboxylic acids is 1. The van der Waals surface area contributed by atoms with E-state index in [0.29, 0.717) is 17.1 Å². The van der Waals surface area contributed by atoms with Crippen molar-refractivity contribution in [3.63, 3.8) is 0 Å². The molecule has 0 saturated heterocycles. The summed E-state index contributed by atoms with van der Waals surface area (Å²) in [5, 5.41) is 11.2. The number of benzene rings is 2. The van der Waals surface area contributed by atoms with Gasteiger partial charge in [0, 0.05) is 11.6 Å². The average Bonchev–Trinajstić information content (AvgIpc) is 3.02. The summed E-state index contributed by atoms with van der Waals surface area (Å²) in [4.78, 5) is 26.9. The minimum Gasteiger partial charge on any atom is -0.497 e. The van der Waals surface area contributed by atoms with Crippen molar-refractivity contribution >= 4 is 23.6 Å². The summed E-state index contributed by atoms with van der Waals surface area (Å²) in [6, 6.07) is 11.0. The van der Waals surface area contributed by atoms with Crippen molar-refractivity contribution in [2.45, 2.75) is 0 Å². The summed E-state index contributed by atoms with van der Waals surface area (Å²) in [5.74, 6) is 0.269. The smallest absolute Gasteiger partial charge is 0.363 e. The molecule has 0 aliphatic carbocycles. The molecular weight excluding hydrogens is 340 g/mol. The molecule has 0 spiro atoms. The van der Waals surface area contributed by atoms with Crippen molar-refractivity contribution < 1.29 is 23.9 Å². The van der Waals surface area contributed by atoms with E-state index < -0.39 is 10.9 Å². The third-order valence-electron chi connectivity index (χ3n) is 3.68. The Labute approximate surface area is 148 Å². The highest BCUT2D eigenvalue weighted by Crippen LogP contribution is 2.29. The Hall–Kier alpha value is -3.68. The predicted molar refractivity (Wildman–Crippen MR) is 93.2 cm³/mol. The Morgan fingerprint density at radius 2 is 1.92 bits per heavy atom. The van der Waals surface area contributed by atoms with Gasteiger partial charge in [0.2, 0.25) is 5.90 Å². The van der Waals surface area contributed by atoms with Crippen LogP contribution in [0.1, 0.15) is 11.1 Å². The monoisotopic (exact) mass is 354 g/mol. The number of nitrogens with zero attached hydrogens (tertiary/aromatic N) is 2. The molecule has 8 heteroatoms. The molecule has 26 heavy (non-hydrogen) atoms. The zero-order valence-corrected chi connectivity index (χ0v) is 14.0. The van der Waals surface area contributed by atoms with Crippen LogP contribution in [0.2, 0.25) is 0 Å². The highest BCUT2D eigenvalue weighted by Gasteiger charge is 2.29. The number of para-hydroxylation sites is 1. The SMILES string of the molecule is COc1ccc(OC)c(C=C2N=C(c3ccccc3[N+](=O)[O-])OC2=O)c1. The van der Waals surface area contributed by atoms with Crippen LogP contribution in [0.5, 0.6) is 11.5 Å². The number of rotatable bonds is 5. The van der Waals surface area contributed by atoms with E-state index in [0.717, 1.165) is 0 Å². The fourth-order valence-corrected chi connectivity index (χ4v) is 2.44. The Morgan fingerprint density at radius 3 is 2.62 bits per heavy atom. The molecule has 0 radical (unpaired) electrons. The molecule has 0 aromatic heterocycles. The molecule has 0 amide bonds. The summed E-state index contributed by atoms with van der Waals surface area (Å²) in [6.07, 6.45) is 1.48. The first-order chi connectivity index (χ1) is 12.5. The Morgan fingerprint density at radius 1 is 1.15 bits per heavy atom. The van der Waals surface area contributed by atoms with Crippen molar-refractivity contribution in [3.8, 4) is 11.5 Å². The number of aliphatic imine (C=N–C) groups is 1. The second kappa shape index (κ2) is 7.06. The summed E-state index contributed by atoms with van der Waals surface area (Å²) in [5.41, 5.74) is 0.502. The lowest BCUT2D eigenvalue weighted by atomic mass is 10.1. The molecule has 2 aromatic carbocycles. The molecule has 1 aliphatic rings. The van der Waals surface area contributed by atoms with Gasteiger partial charge >= 0.3 is 5.97 Å². The fourth-order valence-electron chi connectivity index (χ4n) is 2.44. The number of hydrogen-bond donors (Lipinski definition) is 0. The molecule has 0 bridgehead atoms. The number of cyclic esters (lactones) is 1. The van der Waals surface area contributed by atoms with E-state index in [1.165, 1.54) is 38.5 Å². The predicted octanol–water partition coefficient (Wildman–Crippen LogP) is 2.96. The molecular formula is C18H14N2O6. The van der Waals surface area contributed by atoms with E-state index in [4.69, 9.17) is 14.2 Å².